The van der Waals surface area contributed by atoms with E-state index in [4.69, 9.17) is 5.73 Å². The zero-order valence-corrected chi connectivity index (χ0v) is 20.0. The SMILES string of the molecule is CCc1nc2cc(F)ccc2n1C1CCN(C(=O)C2(F)CCN(Cc3cnc(N)nc3)CC2)CC1. The summed E-state index contributed by atoms with van der Waals surface area (Å²) in [5.74, 6) is 0.452. The summed E-state index contributed by atoms with van der Waals surface area (Å²) in [6.45, 7) is 4.66. The summed E-state index contributed by atoms with van der Waals surface area (Å²) in [5.41, 5.74) is 6.19. The Morgan fingerprint density at radius 2 is 1.83 bits per heavy atom. The molecule has 3 aromatic rings. The summed E-state index contributed by atoms with van der Waals surface area (Å²) in [6, 6.07) is 4.85. The van der Waals surface area contributed by atoms with Crippen LogP contribution in [0.25, 0.3) is 11.0 Å². The van der Waals surface area contributed by atoms with E-state index in [1.165, 1.54) is 12.1 Å². The fourth-order valence-electron chi connectivity index (χ4n) is 5.37. The number of imidazole rings is 1. The van der Waals surface area contributed by atoms with Crippen LogP contribution in [0.2, 0.25) is 0 Å². The van der Waals surface area contributed by atoms with E-state index in [-0.39, 0.29) is 36.6 Å². The van der Waals surface area contributed by atoms with Crippen molar-refractivity contribution in [3.63, 3.8) is 0 Å². The van der Waals surface area contributed by atoms with Crippen molar-refractivity contribution in [2.24, 2.45) is 0 Å². The Kier molecular flexibility index (Phi) is 6.39. The van der Waals surface area contributed by atoms with Gasteiger partial charge in [0, 0.05) is 82.1 Å². The van der Waals surface area contributed by atoms with Crippen LogP contribution in [-0.2, 0) is 17.8 Å². The van der Waals surface area contributed by atoms with Crippen molar-refractivity contribution in [2.45, 2.75) is 57.3 Å². The fraction of sp³-hybridized carbons (Fsp3) is 0.520. The van der Waals surface area contributed by atoms with Crippen molar-refractivity contribution in [2.75, 3.05) is 31.9 Å². The molecule has 1 amide bonds. The number of amides is 1. The van der Waals surface area contributed by atoms with Gasteiger partial charge >= 0.3 is 0 Å². The molecule has 0 bridgehead atoms. The number of anilines is 1. The lowest BCUT2D eigenvalue weighted by molar-refractivity contribution is -0.148. The molecule has 186 valence electrons. The number of rotatable bonds is 5. The van der Waals surface area contributed by atoms with E-state index >= 15 is 4.39 Å². The Morgan fingerprint density at radius 1 is 1.14 bits per heavy atom. The van der Waals surface area contributed by atoms with Crippen LogP contribution in [0.3, 0.4) is 0 Å². The zero-order chi connectivity index (χ0) is 24.6. The summed E-state index contributed by atoms with van der Waals surface area (Å²) in [4.78, 5) is 29.6. The lowest BCUT2D eigenvalue weighted by atomic mass is 9.90. The number of fused-ring (bicyclic) bond motifs is 1. The van der Waals surface area contributed by atoms with Crippen LogP contribution in [-0.4, -0.2) is 67.1 Å². The normalized spacial score (nSPS) is 19.3. The molecule has 0 radical (unpaired) electrons. The minimum Gasteiger partial charge on any atom is -0.368 e. The van der Waals surface area contributed by atoms with Crippen molar-refractivity contribution in [1.29, 1.82) is 0 Å². The molecular weight excluding hydrogens is 452 g/mol. The second-order valence-electron chi connectivity index (χ2n) is 9.60. The highest BCUT2D eigenvalue weighted by molar-refractivity contribution is 5.85. The highest BCUT2D eigenvalue weighted by Gasteiger charge is 2.45. The maximum Gasteiger partial charge on any atom is 0.260 e. The first-order valence-corrected chi connectivity index (χ1v) is 12.3. The molecule has 2 aromatic heterocycles. The third-order valence-corrected chi connectivity index (χ3v) is 7.32. The van der Waals surface area contributed by atoms with Crippen molar-refractivity contribution < 1.29 is 13.6 Å². The summed E-state index contributed by atoms with van der Waals surface area (Å²) >= 11 is 0. The number of nitrogen functional groups attached to an aromatic ring is 1. The zero-order valence-electron chi connectivity index (χ0n) is 20.0. The van der Waals surface area contributed by atoms with E-state index in [1.807, 2.05) is 6.92 Å². The van der Waals surface area contributed by atoms with Gasteiger partial charge in [-0.2, -0.15) is 0 Å². The Labute approximate surface area is 203 Å². The Hall–Kier alpha value is -3.14. The predicted octanol–water partition coefficient (Wildman–Crippen LogP) is 3.28. The molecule has 5 rings (SSSR count). The molecular formula is C25H31F2N7O. The van der Waals surface area contributed by atoms with Gasteiger partial charge in [-0.15, -0.1) is 0 Å². The van der Waals surface area contributed by atoms with Gasteiger partial charge < -0.3 is 15.2 Å². The molecule has 4 heterocycles. The number of aromatic nitrogens is 4. The van der Waals surface area contributed by atoms with Crippen molar-refractivity contribution in [1.82, 2.24) is 29.3 Å². The van der Waals surface area contributed by atoms with Gasteiger partial charge in [0.25, 0.3) is 5.91 Å². The molecule has 0 spiro atoms. The van der Waals surface area contributed by atoms with Gasteiger partial charge in [-0.05, 0) is 25.0 Å². The summed E-state index contributed by atoms with van der Waals surface area (Å²) < 4.78 is 31.6. The number of hydrogen-bond donors (Lipinski definition) is 1. The second-order valence-corrected chi connectivity index (χ2v) is 9.60. The number of nitrogens with two attached hydrogens (primary N) is 1. The van der Waals surface area contributed by atoms with Gasteiger partial charge in [0.2, 0.25) is 5.95 Å². The van der Waals surface area contributed by atoms with E-state index in [0.717, 1.165) is 36.2 Å². The third-order valence-electron chi connectivity index (χ3n) is 7.32. The van der Waals surface area contributed by atoms with Gasteiger partial charge in [0.15, 0.2) is 5.67 Å². The van der Waals surface area contributed by atoms with Crippen LogP contribution in [0.15, 0.2) is 30.6 Å². The van der Waals surface area contributed by atoms with Crippen molar-refractivity contribution in [3.05, 3.63) is 47.8 Å². The largest absolute Gasteiger partial charge is 0.368 e. The number of benzene rings is 1. The smallest absolute Gasteiger partial charge is 0.260 e. The van der Waals surface area contributed by atoms with Crippen LogP contribution < -0.4 is 5.73 Å². The lowest BCUT2D eigenvalue weighted by Crippen LogP contribution is -2.54. The van der Waals surface area contributed by atoms with Crippen LogP contribution >= 0.6 is 0 Å². The molecule has 2 aliphatic rings. The molecule has 2 N–H and O–H groups in total. The Balaban J connectivity index is 1.20. The molecule has 2 fully saturated rings. The number of piperidine rings is 2. The number of nitrogens with zero attached hydrogens (tertiary/aromatic N) is 6. The molecule has 2 aliphatic heterocycles. The minimum absolute atomic E-state index is 0.156. The molecule has 10 heteroatoms. The highest BCUT2D eigenvalue weighted by atomic mass is 19.1. The van der Waals surface area contributed by atoms with Gasteiger partial charge in [-0.3, -0.25) is 9.69 Å². The van der Waals surface area contributed by atoms with E-state index in [0.29, 0.717) is 38.2 Å². The summed E-state index contributed by atoms with van der Waals surface area (Å²) in [7, 11) is 0. The highest BCUT2D eigenvalue weighted by Crippen LogP contribution is 2.34. The molecule has 8 nitrogen and oxygen atoms in total. The first-order chi connectivity index (χ1) is 16.9. The maximum atomic E-state index is 15.7. The summed E-state index contributed by atoms with van der Waals surface area (Å²) in [6.07, 6.45) is 5.90. The second kappa shape index (κ2) is 9.49. The minimum atomic E-state index is -1.82. The number of carbonyl (C=O) groups is 1. The van der Waals surface area contributed by atoms with Crippen LogP contribution in [0.4, 0.5) is 14.7 Å². The molecule has 2 saturated heterocycles. The third kappa shape index (κ3) is 4.71. The van der Waals surface area contributed by atoms with Crippen LogP contribution in [0, 0.1) is 5.82 Å². The van der Waals surface area contributed by atoms with E-state index in [1.54, 1.807) is 23.4 Å². The van der Waals surface area contributed by atoms with E-state index in [2.05, 4.69) is 24.4 Å². The van der Waals surface area contributed by atoms with E-state index < -0.39 is 5.67 Å². The number of alkyl halides is 1. The predicted molar refractivity (Wildman–Crippen MR) is 129 cm³/mol. The standard InChI is InChI=1S/C25H31F2N7O/c1-2-22-31-20-13-18(26)3-4-21(20)34(22)19-5-9-33(10-6-19)23(35)25(27)7-11-32(12-8-25)16-17-14-29-24(28)30-15-17/h3-4,13-15,19H,2,5-12,16H2,1H3,(H2,28,29,30). The Morgan fingerprint density at radius 3 is 2.49 bits per heavy atom. The first-order valence-electron chi connectivity index (χ1n) is 12.3. The number of likely N-dealkylation sites (tertiary alicyclic amines) is 2. The number of halogens is 2. The summed E-state index contributed by atoms with van der Waals surface area (Å²) in [5, 5.41) is 0. The molecule has 0 unspecified atom stereocenters. The van der Waals surface area contributed by atoms with Gasteiger partial charge in [0.05, 0.1) is 11.0 Å². The quantitative estimate of drug-likeness (QED) is 0.599. The molecule has 1 aromatic carbocycles. The van der Waals surface area contributed by atoms with Crippen molar-refractivity contribution in [3.8, 4) is 0 Å². The van der Waals surface area contributed by atoms with Gasteiger partial charge in [-0.1, -0.05) is 6.92 Å². The molecule has 0 aliphatic carbocycles. The molecule has 35 heavy (non-hydrogen) atoms. The fourth-order valence-corrected chi connectivity index (χ4v) is 5.37. The topological polar surface area (TPSA) is 93.2 Å². The maximum absolute atomic E-state index is 15.7. The monoisotopic (exact) mass is 483 g/mol. The Bertz CT molecular complexity index is 1200. The van der Waals surface area contributed by atoms with E-state index in [9.17, 15) is 9.18 Å². The number of hydrogen-bond acceptors (Lipinski definition) is 6. The van der Waals surface area contributed by atoms with Gasteiger partial charge in [0.1, 0.15) is 11.6 Å². The molecule has 0 atom stereocenters. The van der Waals surface area contributed by atoms with Crippen LogP contribution in [0.1, 0.15) is 50.0 Å². The average Bonchev–Trinajstić information content (AvgIpc) is 3.24. The lowest BCUT2D eigenvalue weighted by Gasteiger charge is -2.40. The average molecular weight is 484 g/mol. The first kappa shape index (κ1) is 23.6. The van der Waals surface area contributed by atoms with Gasteiger partial charge in [-0.25, -0.2) is 23.7 Å². The molecule has 0 saturated carbocycles. The number of carbonyl (C=O) groups excluding carboxylic acids is 1. The number of aryl methyl sites for hydroxylation is 1. The van der Waals surface area contributed by atoms with Crippen molar-refractivity contribution >= 4 is 22.9 Å². The van der Waals surface area contributed by atoms with Crippen LogP contribution in [0.5, 0.6) is 0 Å².